The van der Waals surface area contributed by atoms with Crippen LogP contribution in [0.2, 0.25) is 10.0 Å². The molecule has 0 saturated carbocycles. The Morgan fingerprint density at radius 3 is 2.52 bits per heavy atom. The van der Waals surface area contributed by atoms with Gasteiger partial charge in [-0.05, 0) is 59.4 Å². The zero-order valence-electron chi connectivity index (χ0n) is 14.9. The van der Waals surface area contributed by atoms with E-state index >= 15 is 0 Å². The molecule has 0 saturated heterocycles. The lowest BCUT2D eigenvalue weighted by atomic mass is 10.1. The van der Waals surface area contributed by atoms with E-state index in [4.69, 9.17) is 39.8 Å². The topological polar surface area (TPSA) is 54.3 Å². The number of hydrogen-bond donors (Lipinski definition) is 2. The molecule has 0 unspecified atom stereocenters. The van der Waals surface area contributed by atoms with Crippen LogP contribution < -0.4 is 10.6 Å². The van der Waals surface area contributed by atoms with E-state index in [0.29, 0.717) is 21.4 Å². The van der Waals surface area contributed by atoms with Crippen molar-refractivity contribution in [2.45, 2.75) is 0 Å². The molecule has 1 aromatic heterocycles. The average Bonchev–Trinajstić information content (AvgIpc) is 3.20. The van der Waals surface area contributed by atoms with Gasteiger partial charge in [-0.1, -0.05) is 59.6 Å². The van der Waals surface area contributed by atoms with E-state index in [2.05, 4.69) is 10.6 Å². The van der Waals surface area contributed by atoms with Gasteiger partial charge in [-0.2, -0.15) is 0 Å². The number of amides is 1. The van der Waals surface area contributed by atoms with Gasteiger partial charge in [0.1, 0.15) is 5.76 Å². The zero-order valence-corrected chi connectivity index (χ0v) is 17.2. The van der Waals surface area contributed by atoms with Crippen LogP contribution in [0.15, 0.2) is 77.2 Å². The summed E-state index contributed by atoms with van der Waals surface area (Å²) in [7, 11) is 0. The molecule has 7 heteroatoms. The highest BCUT2D eigenvalue weighted by molar-refractivity contribution is 7.80. The van der Waals surface area contributed by atoms with Crippen molar-refractivity contribution in [1.29, 1.82) is 0 Å². The summed E-state index contributed by atoms with van der Waals surface area (Å²) < 4.78 is 5.63. The Hall–Kier alpha value is -2.86. The van der Waals surface area contributed by atoms with E-state index in [0.717, 1.165) is 16.5 Å². The van der Waals surface area contributed by atoms with Gasteiger partial charge in [-0.3, -0.25) is 10.1 Å². The number of hydrogen-bond acceptors (Lipinski definition) is 3. The van der Waals surface area contributed by atoms with Crippen LogP contribution in [0.5, 0.6) is 0 Å². The number of fused-ring (bicyclic) bond motifs is 1. The Morgan fingerprint density at radius 1 is 0.897 bits per heavy atom. The molecule has 0 aliphatic carbocycles. The van der Waals surface area contributed by atoms with E-state index < -0.39 is 5.91 Å². The van der Waals surface area contributed by atoms with Gasteiger partial charge in [-0.25, -0.2) is 0 Å². The zero-order chi connectivity index (χ0) is 20.4. The summed E-state index contributed by atoms with van der Waals surface area (Å²) in [6.07, 6.45) is 0. The molecular weight excluding hydrogens is 427 g/mol. The number of rotatable bonds is 3. The summed E-state index contributed by atoms with van der Waals surface area (Å²) in [4.78, 5) is 12.5. The van der Waals surface area contributed by atoms with Crippen LogP contribution in [0.25, 0.3) is 22.1 Å². The Morgan fingerprint density at radius 2 is 1.69 bits per heavy atom. The van der Waals surface area contributed by atoms with Crippen molar-refractivity contribution in [3.05, 3.63) is 88.6 Å². The van der Waals surface area contributed by atoms with Gasteiger partial charge in [-0.15, -0.1) is 0 Å². The van der Waals surface area contributed by atoms with Crippen molar-refractivity contribution < 1.29 is 9.21 Å². The van der Waals surface area contributed by atoms with E-state index in [1.54, 1.807) is 30.3 Å². The molecule has 1 heterocycles. The summed E-state index contributed by atoms with van der Waals surface area (Å²) in [6.45, 7) is 0. The van der Waals surface area contributed by atoms with Crippen molar-refractivity contribution in [3.63, 3.8) is 0 Å². The first-order chi connectivity index (χ1) is 14.0. The molecule has 0 bridgehead atoms. The van der Waals surface area contributed by atoms with Gasteiger partial charge in [0.25, 0.3) is 5.91 Å². The number of benzene rings is 3. The number of thiocarbonyl (C=S) groups is 1. The summed E-state index contributed by atoms with van der Waals surface area (Å²) in [6, 6.07) is 22.2. The molecule has 0 aliphatic heterocycles. The highest BCUT2D eigenvalue weighted by atomic mass is 35.5. The van der Waals surface area contributed by atoms with E-state index in [1.807, 2.05) is 42.5 Å². The number of carbonyl (C=O) groups excluding carboxylic acids is 1. The van der Waals surface area contributed by atoms with Crippen molar-refractivity contribution in [2.24, 2.45) is 0 Å². The van der Waals surface area contributed by atoms with Gasteiger partial charge >= 0.3 is 0 Å². The second kappa shape index (κ2) is 8.25. The predicted molar refractivity (Wildman–Crippen MR) is 122 cm³/mol. The Bertz CT molecular complexity index is 1240. The van der Waals surface area contributed by atoms with Crippen molar-refractivity contribution in [3.8, 4) is 11.3 Å². The minimum Gasteiger partial charge on any atom is -0.451 e. The maximum absolute atomic E-state index is 12.5. The minimum absolute atomic E-state index is 0.110. The van der Waals surface area contributed by atoms with Crippen LogP contribution in [0.1, 0.15) is 10.6 Å². The Balaban J connectivity index is 1.45. The molecular formula is C22H14Cl2N2O2S. The fraction of sp³-hybridized carbons (Fsp3) is 0. The average molecular weight is 441 g/mol. The quantitative estimate of drug-likeness (QED) is 0.355. The first kappa shape index (κ1) is 19.5. The second-order valence-electron chi connectivity index (χ2n) is 6.24. The van der Waals surface area contributed by atoms with Crippen molar-refractivity contribution >= 4 is 62.9 Å². The summed E-state index contributed by atoms with van der Waals surface area (Å²) in [5.41, 5.74) is 1.38. The molecule has 4 aromatic rings. The SMILES string of the molecule is O=C(NC(=S)Nc1ccc2ccccc2c1)c1ccc(-c2cccc(Cl)c2Cl)o1. The molecule has 29 heavy (non-hydrogen) atoms. The molecule has 0 atom stereocenters. The molecule has 3 aromatic carbocycles. The fourth-order valence-corrected chi connectivity index (χ4v) is 3.50. The lowest BCUT2D eigenvalue weighted by molar-refractivity contribution is 0.0951. The van der Waals surface area contributed by atoms with Gasteiger partial charge in [0, 0.05) is 11.3 Å². The molecule has 144 valence electrons. The van der Waals surface area contributed by atoms with Crippen LogP contribution in [0.4, 0.5) is 5.69 Å². The maximum Gasteiger partial charge on any atom is 0.293 e. The van der Waals surface area contributed by atoms with Crippen LogP contribution in [0.3, 0.4) is 0 Å². The maximum atomic E-state index is 12.5. The smallest absolute Gasteiger partial charge is 0.293 e. The number of halogens is 2. The highest BCUT2D eigenvalue weighted by Crippen LogP contribution is 2.34. The molecule has 0 spiro atoms. The largest absolute Gasteiger partial charge is 0.451 e. The third kappa shape index (κ3) is 4.27. The molecule has 2 N–H and O–H groups in total. The first-order valence-electron chi connectivity index (χ1n) is 8.66. The van der Waals surface area contributed by atoms with E-state index in [-0.39, 0.29) is 10.9 Å². The van der Waals surface area contributed by atoms with Gasteiger partial charge in [0.05, 0.1) is 10.0 Å². The molecule has 1 amide bonds. The first-order valence-corrected chi connectivity index (χ1v) is 9.83. The van der Waals surface area contributed by atoms with Crippen molar-refractivity contribution in [2.75, 3.05) is 5.32 Å². The number of carbonyl (C=O) groups is 1. The van der Waals surface area contributed by atoms with Crippen molar-refractivity contribution in [1.82, 2.24) is 5.32 Å². The van der Waals surface area contributed by atoms with Crippen LogP contribution in [-0.4, -0.2) is 11.0 Å². The van der Waals surface area contributed by atoms with Gasteiger partial charge in [0.15, 0.2) is 10.9 Å². The number of anilines is 1. The summed E-state index contributed by atoms with van der Waals surface area (Å²) in [5, 5.41) is 8.76. The van der Waals surface area contributed by atoms with Crippen LogP contribution in [-0.2, 0) is 0 Å². The van der Waals surface area contributed by atoms with E-state index in [9.17, 15) is 4.79 Å². The Labute approximate surface area is 182 Å². The third-order valence-corrected chi connectivity index (χ3v) is 5.30. The highest BCUT2D eigenvalue weighted by Gasteiger charge is 2.16. The van der Waals surface area contributed by atoms with Gasteiger partial charge in [0.2, 0.25) is 0 Å². The van der Waals surface area contributed by atoms with E-state index in [1.165, 1.54) is 0 Å². The summed E-state index contributed by atoms with van der Waals surface area (Å²) >= 11 is 17.5. The summed E-state index contributed by atoms with van der Waals surface area (Å²) in [5.74, 6) is 0.0856. The standard InChI is InChI=1S/C22H14Cl2N2O2S/c23-17-7-3-6-16(20(17)24)18-10-11-19(28-18)21(27)26-22(29)25-15-9-8-13-4-1-2-5-14(13)12-15/h1-12H,(H2,25,26,27,29). The third-order valence-electron chi connectivity index (χ3n) is 4.28. The normalized spacial score (nSPS) is 10.7. The molecule has 0 radical (unpaired) electrons. The lowest BCUT2D eigenvalue weighted by Crippen LogP contribution is -2.33. The van der Waals surface area contributed by atoms with Gasteiger partial charge < -0.3 is 9.73 Å². The number of nitrogens with one attached hydrogen (secondary N) is 2. The Kier molecular flexibility index (Phi) is 5.53. The predicted octanol–water partition coefficient (Wildman–Crippen LogP) is 6.53. The molecule has 0 fully saturated rings. The monoisotopic (exact) mass is 440 g/mol. The van der Waals surface area contributed by atoms with Crippen LogP contribution >= 0.6 is 35.4 Å². The lowest BCUT2D eigenvalue weighted by Gasteiger charge is -2.09. The molecule has 0 aliphatic rings. The molecule has 4 rings (SSSR count). The second-order valence-corrected chi connectivity index (χ2v) is 7.43. The molecule has 4 nitrogen and oxygen atoms in total. The number of furan rings is 1. The minimum atomic E-state index is -0.465. The fourth-order valence-electron chi connectivity index (χ4n) is 2.89. The van der Waals surface area contributed by atoms with Crippen LogP contribution in [0, 0.1) is 0 Å².